The van der Waals surface area contributed by atoms with Crippen LogP contribution in [0.5, 0.6) is 0 Å². The summed E-state index contributed by atoms with van der Waals surface area (Å²) in [6.07, 6.45) is 22.3. The molecule has 0 aromatic carbocycles. The van der Waals surface area contributed by atoms with Crippen LogP contribution in [0.25, 0.3) is 0 Å². The van der Waals surface area contributed by atoms with E-state index in [4.69, 9.17) is 4.42 Å². The molecule has 1 rings (SSSR count). The molecule has 0 aliphatic heterocycles. The van der Waals surface area contributed by atoms with E-state index >= 15 is 0 Å². The first-order valence-corrected chi connectivity index (χ1v) is 10.1. The second-order valence-corrected chi connectivity index (χ2v) is 7.72. The minimum atomic E-state index is 1.07. The molecule has 0 atom stereocenters. The normalized spacial score (nSPS) is 13.2. The van der Waals surface area contributed by atoms with E-state index in [1.807, 2.05) is 12.3 Å². The van der Waals surface area contributed by atoms with Crippen LogP contribution in [0.2, 0.25) is 0 Å². The van der Waals surface area contributed by atoms with E-state index in [-0.39, 0.29) is 0 Å². The van der Waals surface area contributed by atoms with Crippen LogP contribution < -0.4 is 0 Å². The van der Waals surface area contributed by atoms with Crippen molar-refractivity contribution in [2.24, 2.45) is 0 Å². The van der Waals surface area contributed by atoms with Gasteiger partial charge in [0, 0.05) is 0 Å². The van der Waals surface area contributed by atoms with Gasteiger partial charge in [0.2, 0.25) is 0 Å². The molecule has 0 bridgehead atoms. The van der Waals surface area contributed by atoms with E-state index in [1.165, 1.54) is 60.0 Å². The first kappa shape index (κ1) is 22.3. The van der Waals surface area contributed by atoms with Crippen molar-refractivity contribution in [1.82, 2.24) is 0 Å². The maximum Gasteiger partial charge on any atom is 0.0934 e. The molecule has 0 amide bonds. The molecule has 0 saturated heterocycles. The topological polar surface area (TPSA) is 13.1 Å². The van der Waals surface area contributed by atoms with Crippen molar-refractivity contribution in [3.8, 4) is 0 Å². The van der Waals surface area contributed by atoms with Crippen LogP contribution in [0, 0.1) is 0 Å². The van der Waals surface area contributed by atoms with Gasteiger partial charge in [-0.1, -0.05) is 46.6 Å². The van der Waals surface area contributed by atoms with Gasteiger partial charge in [0.1, 0.15) is 0 Å². The minimum Gasteiger partial charge on any atom is -0.472 e. The van der Waals surface area contributed by atoms with Gasteiger partial charge in [-0.2, -0.15) is 0 Å². The van der Waals surface area contributed by atoms with Gasteiger partial charge in [-0.3, -0.25) is 0 Å². The minimum absolute atomic E-state index is 1.07. The van der Waals surface area contributed by atoms with E-state index < -0.39 is 0 Å². The summed E-state index contributed by atoms with van der Waals surface area (Å²) in [6.45, 7) is 11.1. The fourth-order valence-electron chi connectivity index (χ4n) is 2.91. The number of allylic oxidation sites excluding steroid dienone is 8. The molecule has 1 aromatic heterocycles. The molecule has 0 unspecified atom stereocenters. The standard InChI is InChI=1S/C25H38O/c1-21(2)10-6-11-22(3)12-7-13-23(4)14-8-15-24(5)16-9-17-25-18-19-26-20-25/h10,12,14,16,18-20H,6-9,11,13,15,17H2,1-5H3/b22-12+,23-14+,24-16+. The predicted molar refractivity (Wildman–Crippen MR) is 115 cm³/mol. The van der Waals surface area contributed by atoms with Crippen molar-refractivity contribution < 1.29 is 4.42 Å². The Morgan fingerprint density at radius 3 is 1.69 bits per heavy atom. The lowest BCUT2D eigenvalue weighted by atomic mass is 10.0. The Bertz CT molecular complexity index is 605. The fourth-order valence-corrected chi connectivity index (χ4v) is 2.91. The summed E-state index contributed by atoms with van der Waals surface area (Å²) in [6, 6.07) is 2.05. The monoisotopic (exact) mass is 354 g/mol. The maximum absolute atomic E-state index is 5.10. The van der Waals surface area contributed by atoms with Crippen LogP contribution in [0.1, 0.15) is 85.1 Å². The Hall–Kier alpha value is -1.76. The zero-order valence-electron chi connectivity index (χ0n) is 17.6. The third-order valence-electron chi connectivity index (χ3n) is 4.66. The summed E-state index contributed by atoms with van der Waals surface area (Å²) >= 11 is 0. The van der Waals surface area contributed by atoms with E-state index in [2.05, 4.69) is 58.9 Å². The number of aryl methyl sites for hydroxylation is 1. The van der Waals surface area contributed by atoms with Gasteiger partial charge in [-0.15, -0.1) is 0 Å². The molecule has 0 aliphatic rings. The molecule has 0 radical (unpaired) electrons. The molecule has 1 heterocycles. The van der Waals surface area contributed by atoms with Crippen LogP contribution in [0.4, 0.5) is 0 Å². The summed E-state index contributed by atoms with van der Waals surface area (Å²) in [4.78, 5) is 0. The van der Waals surface area contributed by atoms with E-state index in [9.17, 15) is 0 Å². The molecule has 1 heteroatoms. The van der Waals surface area contributed by atoms with Gasteiger partial charge >= 0.3 is 0 Å². The lowest BCUT2D eigenvalue weighted by Crippen LogP contribution is -1.83. The maximum atomic E-state index is 5.10. The SMILES string of the molecule is CC(C)=CCC/C(C)=C/CC/C(C)=C/CC/C(C)=C/CCc1ccoc1. The van der Waals surface area contributed by atoms with E-state index in [0.717, 1.165) is 19.3 Å². The lowest BCUT2D eigenvalue weighted by molar-refractivity contribution is 0.564. The zero-order valence-corrected chi connectivity index (χ0v) is 17.6. The predicted octanol–water partition coefficient (Wildman–Crippen LogP) is 8.36. The van der Waals surface area contributed by atoms with Gasteiger partial charge in [-0.25, -0.2) is 0 Å². The highest BCUT2D eigenvalue weighted by Gasteiger charge is 1.95. The molecule has 1 aromatic rings. The van der Waals surface area contributed by atoms with Gasteiger partial charge in [0.05, 0.1) is 12.5 Å². The Morgan fingerprint density at radius 1 is 0.731 bits per heavy atom. The van der Waals surface area contributed by atoms with Crippen molar-refractivity contribution in [3.05, 3.63) is 70.8 Å². The van der Waals surface area contributed by atoms with Gasteiger partial charge < -0.3 is 4.42 Å². The van der Waals surface area contributed by atoms with Crippen molar-refractivity contribution >= 4 is 0 Å². The second kappa shape index (κ2) is 13.4. The van der Waals surface area contributed by atoms with Crippen LogP contribution in [0.3, 0.4) is 0 Å². The molecule has 144 valence electrons. The third kappa shape index (κ3) is 11.7. The average molecular weight is 355 g/mol. The lowest BCUT2D eigenvalue weighted by Gasteiger charge is -2.03. The first-order chi connectivity index (χ1) is 12.5. The molecule has 1 nitrogen and oxygen atoms in total. The van der Waals surface area contributed by atoms with E-state index in [0.29, 0.717) is 0 Å². The Kier molecular flexibility index (Phi) is 11.5. The van der Waals surface area contributed by atoms with Crippen molar-refractivity contribution in [3.63, 3.8) is 0 Å². The van der Waals surface area contributed by atoms with Crippen LogP contribution >= 0.6 is 0 Å². The first-order valence-electron chi connectivity index (χ1n) is 10.1. The quantitative estimate of drug-likeness (QED) is 0.344. The molecule has 0 N–H and O–H groups in total. The highest BCUT2D eigenvalue weighted by atomic mass is 16.3. The second-order valence-electron chi connectivity index (χ2n) is 7.72. The summed E-state index contributed by atoms with van der Waals surface area (Å²) in [5.41, 5.74) is 7.24. The number of hydrogen-bond acceptors (Lipinski definition) is 1. The zero-order chi connectivity index (χ0) is 19.2. The van der Waals surface area contributed by atoms with Crippen LogP contribution in [0.15, 0.2) is 69.6 Å². The van der Waals surface area contributed by atoms with E-state index in [1.54, 1.807) is 6.26 Å². The van der Waals surface area contributed by atoms with Crippen LogP contribution in [-0.2, 0) is 6.42 Å². The third-order valence-corrected chi connectivity index (χ3v) is 4.66. The Labute approximate surface area is 161 Å². The smallest absolute Gasteiger partial charge is 0.0934 e. The fraction of sp³-hybridized carbons (Fsp3) is 0.520. The highest BCUT2D eigenvalue weighted by molar-refractivity contribution is 5.09. The van der Waals surface area contributed by atoms with Crippen LogP contribution in [-0.4, -0.2) is 0 Å². The molecule has 0 fully saturated rings. The highest BCUT2D eigenvalue weighted by Crippen LogP contribution is 2.14. The van der Waals surface area contributed by atoms with Gasteiger partial charge in [-0.05, 0) is 97.6 Å². The van der Waals surface area contributed by atoms with Gasteiger partial charge in [0.15, 0.2) is 0 Å². The summed E-state index contributed by atoms with van der Waals surface area (Å²) < 4.78 is 5.10. The summed E-state index contributed by atoms with van der Waals surface area (Å²) in [7, 11) is 0. The summed E-state index contributed by atoms with van der Waals surface area (Å²) in [5, 5.41) is 0. The van der Waals surface area contributed by atoms with Crippen molar-refractivity contribution in [1.29, 1.82) is 0 Å². The number of rotatable bonds is 12. The molecule has 0 spiro atoms. The summed E-state index contributed by atoms with van der Waals surface area (Å²) in [5.74, 6) is 0. The molecular formula is C25H38O. The molecule has 0 saturated carbocycles. The van der Waals surface area contributed by atoms with Gasteiger partial charge in [0.25, 0.3) is 0 Å². The Balaban J connectivity index is 2.18. The number of hydrogen-bond donors (Lipinski definition) is 0. The average Bonchev–Trinajstić information content (AvgIpc) is 3.08. The van der Waals surface area contributed by atoms with Crippen molar-refractivity contribution in [2.45, 2.75) is 86.0 Å². The molecule has 26 heavy (non-hydrogen) atoms. The Morgan fingerprint density at radius 2 is 1.23 bits per heavy atom. The van der Waals surface area contributed by atoms with Crippen molar-refractivity contribution in [2.75, 3.05) is 0 Å². The molecular weight excluding hydrogens is 316 g/mol. The number of furan rings is 1. The largest absolute Gasteiger partial charge is 0.472 e. The molecule has 0 aliphatic carbocycles.